The van der Waals surface area contributed by atoms with Gasteiger partial charge in [0.1, 0.15) is 0 Å². The Bertz CT molecular complexity index is 257. The van der Waals surface area contributed by atoms with Crippen LogP contribution in [0.25, 0.3) is 0 Å². The molecular weight excluding hydrogens is 198 g/mol. The molecule has 2 aliphatic heterocycles. The van der Waals surface area contributed by atoms with Gasteiger partial charge in [0.2, 0.25) is 0 Å². The van der Waals surface area contributed by atoms with Crippen molar-refractivity contribution in [3.8, 4) is 0 Å². The molecule has 0 aromatic heterocycles. The third-order valence-electron chi connectivity index (χ3n) is 3.33. The average Bonchev–Trinajstić information content (AvgIpc) is 2.16. The molecule has 0 atom stereocenters. The number of carboxylic acids is 1. The molecule has 1 N–H and O–H groups in total. The highest BCUT2D eigenvalue weighted by Crippen LogP contribution is 2.25. The van der Waals surface area contributed by atoms with Gasteiger partial charge in [-0.15, -0.1) is 4.91 Å². The molecular formula is C9H15N3O3. The number of rotatable bonds is 3. The van der Waals surface area contributed by atoms with Gasteiger partial charge in [0.25, 0.3) is 0 Å². The molecule has 0 bridgehead atoms. The molecule has 2 aliphatic rings. The highest BCUT2D eigenvalue weighted by molar-refractivity contribution is 5.71. The van der Waals surface area contributed by atoms with Gasteiger partial charge in [0, 0.05) is 32.2 Å². The van der Waals surface area contributed by atoms with Crippen LogP contribution in [0.4, 0.5) is 0 Å². The minimum atomic E-state index is -0.696. The minimum absolute atomic E-state index is 0.188. The number of piperidine rings is 1. The van der Waals surface area contributed by atoms with Crippen LogP contribution in [-0.2, 0) is 4.79 Å². The molecule has 2 saturated heterocycles. The molecule has 0 radical (unpaired) electrons. The van der Waals surface area contributed by atoms with Gasteiger partial charge in [0.05, 0.1) is 11.2 Å². The second-order valence-corrected chi connectivity index (χ2v) is 4.26. The van der Waals surface area contributed by atoms with Gasteiger partial charge in [0.15, 0.2) is 0 Å². The normalized spacial score (nSPS) is 24.9. The van der Waals surface area contributed by atoms with E-state index in [9.17, 15) is 9.70 Å². The number of aliphatic carboxylic acids is 1. The SMILES string of the molecule is O=NN1CCC(N2CC(C(=O)O)C2)CC1. The van der Waals surface area contributed by atoms with E-state index >= 15 is 0 Å². The van der Waals surface area contributed by atoms with Crippen LogP contribution in [0.3, 0.4) is 0 Å². The summed E-state index contributed by atoms with van der Waals surface area (Å²) in [4.78, 5) is 23.1. The van der Waals surface area contributed by atoms with Gasteiger partial charge < -0.3 is 5.11 Å². The van der Waals surface area contributed by atoms with Crippen LogP contribution in [0.2, 0.25) is 0 Å². The highest BCUT2D eigenvalue weighted by atomic mass is 16.4. The van der Waals surface area contributed by atoms with Gasteiger partial charge in [-0.3, -0.25) is 14.7 Å². The Balaban J connectivity index is 1.74. The van der Waals surface area contributed by atoms with Crippen molar-refractivity contribution in [2.75, 3.05) is 26.2 Å². The second-order valence-electron chi connectivity index (χ2n) is 4.26. The van der Waals surface area contributed by atoms with Crippen LogP contribution in [0.5, 0.6) is 0 Å². The van der Waals surface area contributed by atoms with Crippen molar-refractivity contribution in [1.82, 2.24) is 9.91 Å². The molecule has 0 spiro atoms. The number of carboxylic acid groups (broad SMARTS) is 1. The van der Waals surface area contributed by atoms with Gasteiger partial charge >= 0.3 is 5.97 Å². The van der Waals surface area contributed by atoms with Crippen LogP contribution in [0, 0.1) is 10.8 Å². The topological polar surface area (TPSA) is 73.2 Å². The van der Waals surface area contributed by atoms with Crippen molar-refractivity contribution in [2.24, 2.45) is 11.2 Å². The fourth-order valence-corrected chi connectivity index (χ4v) is 2.27. The molecule has 0 unspecified atom stereocenters. The molecule has 0 aromatic carbocycles. The van der Waals surface area contributed by atoms with E-state index in [1.807, 2.05) is 0 Å². The van der Waals surface area contributed by atoms with Crippen molar-refractivity contribution in [3.63, 3.8) is 0 Å². The summed E-state index contributed by atoms with van der Waals surface area (Å²) >= 11 is 0. The summed E-state index contributed by atoms with van der Waals surface area (Å²) in [7, 11) is 0. The minimum Gasteiger partial charge on any atom is -0.481 e. The zero-order valence-corrected chi connectivity index (χ0v) is 8.50. The molecule has 0 amide bonds. The first-order chi connectivity index (χ1) is 7.20. The van der Waals surface area contributed by atoms with E-state index in [0.29, 0.717) is 32.2 Å². The fraction of sp³-hybridized carbons (Fsp3) is 0.889. The fourth-order valence-electron chi connectivity index (χ4n) is 2.27. The molecule has 2 heterocycles. The summed E-state index contributed by atoms with van der Waals surface area (Å²) in [6.07, 6.45) is 1.83. The number of carbonyl (C=O) groups is 1. The van der Waals surface area contributed by atoms with Crippen molar-refractivity contribution in [2.45, 2.75) is 18.9 Å². The van der Waals surface area contributed by atoms with Crippen molar-refractivity contribution in [1.29, 1.82) is 0 Å². The van der Waals surface area contributed by atoms with E-state index in [1.54, 1.807) is 0 Å². The Labute approximate surface area is 87.8 Å². The number of nitrogens with zero attached hydrogens (tertiary/aromatic N) is 3. The van der Waals surface area contributed by atoms with Gasteiger partial charge in [-0.05, 0) is 12.8 Å². The van der Waals surface area contributed by atoms with Crippen LogP contribution < -0.4 is 0 Å². The standard InChI is InChI=1S/C9H15N3O3/c13-9(14)7-5-11(6-7)8-1-3-12(10-15)4-2-8/h7-8H,1-6H2,(H,13,14). The van der Waals surface area contributed by atoms with Crippen molar-refractivity contribution in [3.05, 3.63) is 4.91 Å². The van der Waals surface area contributed by atoms with E-state index in [0.717, 1.165) is 12.8 Å². The first-order valence-electron chi connectivity index (χ1n) is 5.26. The maximum Gasteiger partial charge on any atom is 0.309 e. The molecule has 84 valence electrons. The van der Waals surface area contributed by atoms with E-state index in [1.165, 1.54) is 5.01 Å². The first-order valence-corrected chi connectivity index (χ1v) is 5.26. The quantitative estimate of drug-likeness (QED) is 0.675. The van der Waals surface area contributed by atoms with E-state index < -0.39 is 5.97 Å². The van der Waals surface area contributed by atoms with Crippen LogP contribution >= 0.6 is 0 Å². The Hall–Kier alpha value is -1.17. The summed E-state index contributed by atoms with van der Waals surface area (Å²) in [6.45, 7) is 2.72. The molecule has 0 aliphatic carbocycles. The Kier molecular flexibility index (Phi) is 2.86. The summed E-state index contributed by atoms with van der Waals surface area (Å²) in [6, 6.07) is 0.443. The van der Waals surface area contributed by atoms with Gasteiger partial charge in [-0.2, -0.15) is 0 Å². The zero-order chi connectivity index (χ0) is 10.8. The summed E-state index contributed by atoms with van der Waals surface area (Å²) in [5.41, 5.74) is 0. The molecule has 15 heavy (non-hydrogen) atoms. The maximum atomic E-state index is 10.6. The van der Waals surface area contributed by atoms with E-state index in [4.69, 9.17) is 5.11 Å². The first kappa shape index (κ1) is 10.4. The lowest BCUT2D eigenvalue weighted by Crippen LogP contribution is -2.56. The van der Waals surface area contributed by atoms with Crippen LogP contribution in [0.1, 0.15) is 12.8 Å². The lowest BCUT2D eigenvalue weighted by atomic mass is 9.94. The van der Waals surface area contributed by atoms with Gasteiger partial charge in [-0.25, -0.2) is 0 Å². The second kappa shape index (κ2) is 4.14. The van der Waals surface area contributed by atoms with E-state index in [2.05, 4.69) is 10.2 Å². The highest BCUT2D eigenvalue weighted by Gasteiger charge is 2.37. The Morgan fingerprint density at radius 2 is 1.87 bits per heavy atom. The van der Waals surface area contributed by atoms with Crippen LogP contribution in [-0.4, -0.2) is 53.2 Å². The third kappa shape index (κ3) is 2.09. The molecule has 2 fully saturated rings. The Morgan fingerprint density at radius 3 is 2.33 bits per heavy atom. The smallest absolute Gasteiger partial charge is 0.309 e. The van der Waals surface area contributed by atoms with Crippen molar-refractivity contribution < 1.29 is 9.90 Å². The third-order valence-corrected chi connectivity index (χ3v) is 3.33. The number of hydrogen-bond donors (Lipinski definition) is 1. The summed E-state index contributed by atoms with van der Waals surface area (Å²) in [5.74, 6) is -0.884. The monoisotopic (exact) mass is 213 g/mol. The van der Waals surface area contributed by atoms with E-state index in [-0.39, 0.29) is 5.92 Å². The molecule has 6 heteroatoms. The predicted octanol–water partition coefficient (Wildman–Crippen LogP) is 0.149. The van der Waals surface area contributed by atoms with Crippen molar-refractivity contribution >= 4 is 5.97 Å². The zero-order valence-electron chi connectivity index (χ0n) is 8.50. The van der Waals surface area contributed by atoms with Crippen LogP contribution in [0.15, 0.2) is 5.29 Å². The summed E-state index contributed by atoms with van der Waals surface area (Å²) in [5, 5.41) is 13.2. The van der Waals surface area contributed by atoms with Gasteiger partial charge in [-0.1, -0.05) is 0 Å². The molecule has 0 aromatic rings. The predicted molar refractivity (Wildman–Crippen MR) is 53.1 cm³/mol. The maximum absolute atomic E-state index is 10.6. The molecule has 6 nitrogen and oxygen atoms in total. The number of nitroso groups, excluding NO2 is 1. The number of hydrogen-bond acceptors (Lipinski definition) is 4. The number of likely N-dealkylation sites (tertiary alicyclic amines) is 1. The molecule has 0 saturated carbocycles. The lowest BCUT2D eigenvalue weighted by Gasteiger charge is -2.44. The lowest BCUT2D eigenvalue weighted by molar-refractivity contribution is -0.149. The molecule has 2 rings (SSSR count). The summed E-state index contributed by atoms with van der Waals surface area (Å²) < 4.78 is 0. The Morgan fingerprint density at radius 1 is 1.27 bits per heavy atom. The largest absolute Gasteiger partial charge is 0.481 e. The average molecular weight is 213 g/mol.